The summed E-state index contributed by atoms with van der Waals surface area (Å²) in [5.74, 6) is 0. The molecule has 0 saturated heterocycles. The van der Waals surface area contributed by atoms with Crippen LogP contribution in [0.25, 0.3) is 0 Å². The molecule has 0 spiro atoms. The largest absolute Gasteiger partial charge is 1.00 e. The molecule has 0 atom stereocenters. The number of thiol groups is 1. The van der Waals surface area contributed by atoms with Gasteiger partial charge in [-0.05, 0) is 0 Å². The summed E-state index contributed by atoms with van der Waals surface area (Å²) in [5.41, 5.74) is -5.31. The van der Waals surface area contributed by atoms with Crippen molar-refractivity contribution in [2.24, 2.45) is 5.14 Å². The molecule has 0 heterocycles. The Labute approximate surface area is 81.3 Å². The van der Waals surface area contributed by atoms with Crippen LogP contribution < -0.4 is 24.0 Å². The molecule has 0 saturated carbocycles. The third-order valence-corrected chi connectivity index (χ3v) is 0.968. The Morgan fingerprint density at radius 2 is 1.25 bits per heavy atom. The van der Waals surface area contributed by atoms with Crippen LogP contribution in [0.1, 0.15) is 0 Å². The second-order valence-corrected chi connectivity index (χ2v) is 2.77. The first kappa shape index (κ1) is 18.1. The minimum absolute atomic E-state index is 0. The maximum absolute atomic E-state index is 10.8. The van der Waals surface area contributed by atoms with E-state index in [0.717, 1.165) is 0 Å². The number of primary sulfonamides is 1. The molecule has 0 aliphatic carbocycles. The fourth-order valence-corrected chi connectivity index (χ4v) is 0. The van der Waals surface area contributed by atoms with Gasteiger partial charge in [0.05, 0.1) is 0 Å². The van der Waals surface area contributed by atoms with E-state index in [1.165, 1.54) is 0 Å². The summed E-state index contributed by atoms with van der Waals surface area (Å²) in [7, 11) is -5.34. The molecule has 0 aromatic rings. The van der Waals surface area contributed by atoms with Gasteiger partial charge in [-0.2, -0.15) is 13.2 Å². The first-order valence-electron chi connectivity index (χ1n) is 1.71. The van der Waals surface area contributed by atoms with E-state index < -0.39 is 27.1 Å². The van der Waals surface area contributed by atoms with Crippen molar-refractivity contribution >= 4 is 21.6 Å². The number of hydrogen-bond donors (Lipinski definition) is 1. The molecule has 2 N–H and O–H groups in total. The van der Waals surface area contributed by atoms with Gasteiger partial charge in [-0.15, -0.1) is 0 Å². The zero-order valence-corrected chi connectivity index (χ0v) is 7.41. The average molecular weight is 221 g/mol. The standard InChI is InChI=1S/CH2F3NO2S.Li.HO2S/c2-1(3,4)8(5,6)7;;1-3-2/h(H2,5,6,7);;3H/q;+1;-1. The summed E-state index contributed by atoms with van der Waals surface area (Å²) in [5, 5.41) is 3.66. The molecule has 0 aliphatic heterocycles. The molecular formula is CH3F3LiNO4S2. The van der Waals surface area contributed by atoms with Gasteiger partial charge >= 0.3 is 34.4 Å². The Morgan fingerprint density at radius 3 is 1.25 bits per heavy atom. The molecule has 0 rings (SSSR count). The summed E-state index contributed by atoms with van der Waals surface area (Å²) >= 11 is -1.08. The molecule has 0 aromatic carbocycles. The molecule has 12 heavy (non-hydrogen) atoms. The molecule has 0 bridgehead atoms. The van der Waals surface area contributed by atoms with Crippen LogP contribution in [0.4, 0.5) is 13.2 Å². The molecule has 70 valence electrons. The van der Waals surface area contributed by atoms with Crippen molar-refractivity contribution in [1.29, 1.82) is 0 Å². The Bertz CT molecular complexity index is 240. The number of alkyl halides is 3. The molecule has 0 fully saturated rings. The topological polar surface area (TPSA) is 94.3 Å². The third-order valence-electron chi connectivity index (χ3n) is 0.323. The molecular weight excluding hydrogens is 218 g/mol. The van der Waals surface area contributed by atoms with Crippen molar-refractivity contribution in [2.75, 3.05) is 0 Å². The van der Waals surface area contributed by atoms with Gasteiger partial charge in [0.1, 0.15) is 0 Å². The summed E-state index contributed by atoms with van der Waals surface area (Å²) in [6, 6.07) is 0. The maximum Gasteiger partial charge on any atom is 1.00 e. The predicted octanol–water partition coefficient (Wildman–Crippen LogP) is -3.71. The van der Waals surface area contributed by atoms with E-state index >= 15 is 0 Å². The van der Waals surface area contributed by atoms with Crippen LogP contribution in [0.15, 0.2) is 0 Å². The van der Waals surface area contributed by atoms with Crippen molar-refractivity contribution in [1.82, 2.24) is 0 Å². The third kappa shape index (κ3) is 10.2. The van der Waals surface area contributed by atoms with Crippen LogP contribution >= 0.6 is 0 Å². The SMILES string of the molecule is NS(=O)(=O)C(F)(F)F.O=[SH-]=O.[Li+]. The Kier molecular flexibility index (Phi) is 10.2. The monoisotopic (exact) mass is 221 g/mol. The summed E-state index contributed by atoms with van der Waals surface area (Å²) in [6.45, 7) is 0. The molecule has 11 heteroatoms. The Hall–Kier alpha value is 0.247. The van der Waals surface area contributed by atoms with Gasteiger partial charge in [0, 0.05) is 0 Å². The number of hydrogen-bond acceptors (Lipinski definition) is 5. The summed E-state index contributed by atoms with van der Waals surface area (Å²) in [4.78, 5) is 0. The second-order valence-electron chi connectivity index (χ2n) is 1.07. The molecule has 0 radical (unpaired) electrons. The maximum atomic E-state index is 10.8. The van der Waals surface area contributed by atoms with E-state index in [-0.39, 0.29) is 18.9 Å². The van der Waals surface area contributed by atoms with E-state index in [1.54, 1.807) is 0 Å². The van der Waals surface area contributed by atoms with Crippen LogP contribution in [-0.2, 0) is 30.0 Å². The average Bonchev–Trinajstić information content (AvgIpc) is 1.60. The Balaban J connectivity index is -0.000000177. The van der Waals surface area contributed by atoms with Crippen molar-refractivity contribution in [3.8, 4) is 0 Å². The van der Waals surface area contributed by atoms with Gasteiger partial charge in [-0.25, -0.2) is 13.6 Å². The first-order valence-corrected chi connectivity index (χ1v) is 3.98. The van der Waals surface area contributed by atoms with E-state index in [0.29, 0.717) is 0 Å². The predicted molar refractivity (Wildman–Crippen MR) is 29.3 cm³/mol. The molecule has 0 amide bonds. The van der Waals surface area contributed by atoms with Gasteiger partial charge in [0.2, 0.25) is 0 Å². The molecule has 0 aromatic heterocycles. The number of halogens is 3. The van der Waals surface area contributed by atoms with Crippen molar-refractivity contribution in [3.05, 3.63) is 0 Å². The van der Waals surface area contributed by atoms with Crippen LogP contribution in [0.2, 0.25) is 0 Å². The van der Waals surface area contributed by atoms with Crippen LogP contribution in [0.3, 0.4) is 0 Å². The molecule has 5 nitrogen and oxygen atoms in total. The van der Waals surface area contributed by atoms with Crippen LogP contribution in [0, 0.1) is 0 Å². The summed E-state index contributed by atoms with van der Waals surface area (Å²) in [6.07, 6.45) is 0. The summed E-state index contributed by atoms with van der Waals surface area (Å²) < 4.78 is 67.9. The van der Waals surface area contributed by atoms with Gasteiger partial charge < -0.3 is 8.42 Å². The van der Waals surface area contributed by atoms with Crippen LogP contribution in [-0.4, -0.2) is 13.9 Å². The second kappa shape index (κ2) is 6.73. The first-order chi connectivity index (χ1) is 4.66. The van der Waals surface area contributed by atoms with Gasteiger partial charge in [0.15, 0.2) is 0 Å². The normalized spacial score (nSPS) is 10.7. The van der Waals surface area contributed by atoms with Crippen molar-refractivity contribution in [3.63, 3.8) is 0 Å². The number of nitrogens with two attached hydrogens (primary N) is 1. The fourth-order valence-electron chi connectivity index (χ4n) is 0. The van der Waals surface area contributed by atoms with E-state index in [9.17, 15) is 21.6 Å². The number of rotatable bonds is 0. The number of sulfonamides is 1. The zero-order valence-electron chi connectivity index (χ0n) is 5.70. The van der Waals surface area contributed by atoms with Crippen molar-refractivity contribution in [2.45, 2.75) is 5.51 Å². The smallest absolute Gasteiger partial charge is 0.427 e. The van der Waals surface area contributed by atoms with Gasteiger partial charge in [-0.1, -0.05) is 11.6 Å². The van der Waals surface area contributed by atoms with Crippen LogP contribution in [0.5, 0.6) is 0 Å². The van der Waals surface area contributed by atoms with E-state index in [2.05, 4.69) is 5.14 Å². The van der Waals surface area contributed by atoms with Gasteiger partial charge in [-0.3, -0.25) is 0 Å². The molecule has 0 unspecified atom stereocenters. The zero-order chi connectivity index (χ0) is 9.71. The Morgan fingerprint density at radius 1 is 1.17 bits per heavy atom. The quantitative estimate of drug-likeness (QED) is 0.258. The van der Waals surface area contributed by atoms with Crippen molar-refractivity contribution < 1.29 is 48.9 Å². The van der Waals surface area contributed by atoms with E-state index in [1.807, 2.05) is 0 Å². The van der Waals surface area contributed by atoms with Gasteiger partial charge in [0.25, 0.3) is 0 Å². The van der Waals surface area contributed by atoms with E-state index in [4.69, 9.17) is 8.42 Å². The minimum Gasteiger partial charge on any atom is -0.427 e. The minimum atomic E-state index is -5.34. The molecule has 0 aliphatic rings. The fraction of sp³-hybridized carbons (Fsp3) is 1.00.